The fourth-order valence-corrected chi connectivity index (χ4v) is 6.15. The Morgan fingerprint density at radius 2 is 1.67 bits per heavy atom. The van der Waals surface area contributed by atoms with Gasteiger partial charge in [-0.25, -0.2) is 0 Å². The first-order valence-electron chi connectivity index (χ1n) is 5.68. The molecule has 15 heavy (non-hydrogen) atoms. The first-order chi connectivity index (χ1) is 7.00. The normalized spacial score (nSPS) is 13.9. The van der Waals surface area contributed by atoms with Crippen LogP contribution in [-0.2, 0) is 0 Å². The van der Waals surface area contributed by atoms with Gasteiger partial charge in [-0.2, -0.15) is 0 Å². The van der Waals surface area contributed by atoms with E-state index in [1.165, 1.54) is 5.19 Å². The average Bonchev–Trinajstić information content (AvgIpc) is 2.19. The molecule has 82 valence electrons. The molecule has 1 aromatic rings. The summed E-state index contributed by atoms with van der Waals surface area (Å²) in [6.07, 6.45) is 2.16. The van der Waals surface area contributed by atoms with E-state index in [-0.39, 0.29) is 0 Å². The van der Waals surface area contributed by atoms with Gasteiger partial charge < -0.3 is 0 Å². The molecule has 1 heteroatoms. The Morgan fingerprint density at radius 1 is 1.13 bits per heavy atom. The predicted octanol–water partition coefficient (Wildman–Crippen LogP) is 3.81. The van der Waals surface area contributed by atoms with Crippen LogP contribution in [-0.4, -0.2) is 8.07 Å². The molecule has 0 aliphatic carbocycles. The van der Waals surface area contributed by atoms with Crippen LogP contribution in [0.1, 0.15) is 13.8 Å². The highest BCUT2D eigenvalue weighted by Gasteiger charge is 2.33. The van der Waals surface area contributed by atoms with Crippen LogP contribution in [0.4, 0.5) is 0 Å². The lowest BCUT2D eigenvalue weighted by Crippen LogP contribution is -2.46. The Bertz CT molecular complexity index is 311. The zero-order chi connectivity index (χ0) is 11.5. The number of hydrogen-bond acceptors (Lipinski definition) is 0. The highest BCUT2D eigenvalue weighted by Crippen LogP contribution is 2.30. The molecule has 0 radical (unpaired) electrons. The largest absolute Gasteiger partial charge is 0.103 e. The quantitative estimate of drug-likeness (QED) is 0.532. The molecule has 1 atom stereocenters. The fraction of sp³-hybridized carbons (Fsp3) is 0.429. The predicted molar refractivity (Wildman–Crippen MR) is 72.3 cm³/mol. The van der Waals surface area contributed by atoms with Crippen molar-refractivity contribution in [3.63, 3.8) is 0 Å². The van der Waals surface area contributed by atoms with Crippen molar-refractivity contribution in [3.8, 4) is 0 Å². The van der Waals surface area contributed by atoms with E-state index in [1.54, 1.807) is 0 Å². The Kier molecular flexibility index (Phi) is 3.92. The molecule has 0 aliphatic heterocycles. The zero-order valence-electron chi connectivity index (χ0n) is 10.3. The van der Waals surface area contributed by atoms with E-state index in [9.17, 15) is 0 Å². The molecule has 0 saturated heterocycles. The van der Waals surface area contributed by atoms with Gasteiger partial charge in [0.05, 0.1) is 8.07 Å². The molecule has 1 aromatic carbocycles. The van der Waals surface area contributed by atoms with Crippen LogP contribution in [0.2, 0.25) is 18.6 Å². The van der Waals surface area contributed by atoms with E-state index in [2.05, 4.69) is 69.9 Å². The Morgan fingerprint density at radius 3 is 2.07 bits per heavy atom. The molecular weight excluding hydrogens is 196 g/mol. The Hall–Kier alpha value is -0.823. The van der Waals surface area contributed by atoms with Crippen molar-refractivity contribution >= 4 is 13.3 Å². The van der Waals surface area contributed by atoms with Crippen LogP contribution in [0.5, 0.6) is 0 Å². The van der Waals surface area contributed by atoms with E-state index in [1.807, 2.05) is 0 Å². The van der Waals surface area contributed by atoms with Gasteiger partial charge in [0.1, 0.15) is 0 Å². The maximum absolute atomic E-state index is 4.01. The van der Waals surface area contributed by atoms with Gasteiger partial charge in [0.25, 0.3) is 0 Å². The van der Waals surface area contributed by atoms with Crippen LogP contribution in [0, 0.1) is 5.92 Å². The molecule has 0 N–H and O–H groups in total. The lowest BCUT2D eigenvalue weighted by atomic mass is 10.1. The van der Waals surface area contributed by atoms with Gasteiger partial charge in [-0.15, -0.1) is 6.58 Å². The Labute approximate surface area is 95.0 Å². The summed E-state index contributed by atoms with van der Waals surface area (Å²) in [5.41, 5.74) is 0.653. The van der Waals surface area contributed by atoms with Gasteiger partial charge in [-0.05, 0) is 11.5 Å². The molecule has 1 unspecified atom stereocenters. The smallest absolute Gasteiger partial charge is 0.0876 e. The minimum atomic E-state index is -1.39. The molecule has 0 nitrogen and oxygen atoms in total. The number of rotatable bonds is 4. The molecule has 0 bridgehead atoms. The van der Waals surface area contributed by atoms with Gasteiger partial charge >= 0.3 is 0 Å². The van der Waals surface area contributed by atoms with Gasteiger partial charge in [-0.1, -0.05) is 68.5 Å². The summed E-state index contributed by atoms with van der Waals surface area (Å²) in [7, 11) is -1.39. The van der Waals surface area contributed by atoms with Crippen molar-refractivity contribution in [1.29, 1.82) is 0 Å². The van der Waals surface area contributed by atoms with Gasteiger partial charge in [0, 0.05) is 0 Å². The van der Waals surface area contributed by atoms with Crippen LogP contribution < -0.4 is 5.19 Å². The Balaban J connectivity index is 3.05. The van der Waals surface area contributed by atoms with E-state index in [4.69, 9.17) is 0 Å². The summed E-state index contributed by atoms with van der Waals surface area (Å²) in [6.45, 7) is 13.5. The molecule has 1 rings (SSSR count). The average molecular weight is 218 g/mol. The maximum atomic E-state index is 4.01. The third kappa shape index (κ3) is 2.60. The molecule has 0 saturated carbocycles. The molecule has 0 fully saturated rings. The van der Waals surface area contributed by atoms with Crippen molar-refractivity contribution in [2.45, 2.75) is 32.5 Å². The summed E-state index contributed by atoms with van der Waals surface area (Å²) in [5, 5.41) is 1.53. The molecule has 0 amide bonds. The first-order valence-corrected chi connectivity index (χ1v) is 8.76. The second-order valence-corrected chi connectivity index (χ2v) is 9.78. The number of allylic oxidation sites excluding steroid dienone is 1. The summed E-state index contributed by atoms with van der Waals surface area (Å²) in [5.74, 6) is 0.685. The van der Waals surface area contributed by atoms with Gasteiger partial charge in [0.15, 0.2) is 0 Å². The topological polar surface area (TPSA) is 0 Å². The zero-order valence-corrected chi connectivity index (χ0v) is 11.3. The van der Waals surface area contributed by atoms with E-state index < -0.39 is 8.07 Å². The molecule has 0 aliphatic rings. The number of benzene rings is 1. The summed E-state index contributed by atoms with van der Waals surface area (Å²) < 4.78 is 0. The lowest BCUT2D eigenvalue weighted by Gasteiger charge is -2.33. The van der Waals surface area contributed by atoms with E-state index >= 15 is 0 Å². The maximum Gasteiger partial charge on any atom is 0.0876 e. The highest BCUT2D eigenvalue weighted by molar-refractivity contribution is 6.91. The second kappa shape index (κ2) is 4.80. The first kappa shape index (κ1) is 12.2. The van der Waals surface area contributed by atoms with E-state index in [0.717, 1.165) is 0 Å². The van der Waals surface area contributed by atoms with Crippen LogP contribution >= 0.6 is 0 Å². The van der Waals surface area contributed by atoms with Gasteiger partial charge in [0.2, 0.25) is 0 Å². The van der Waals surface area contributed by atoms with Crippen molar-refractivity contribution in [2.75, 3.05) is 0 Å². The molecule has 0 aromatic heterocycles. The van der Waals surface area contributed by atoms with Crippen molar-refractivity contribution in [2.24, 2.45) is 5.92 Å². The summed E-state index contributed by atoms with van der Waals surface area (Å²) in [6, 6.07) is 10.9. The fourth-order valence-electron chi connectivity index (χ4n) is 2.46. The van der Waals surface area contributed by atoms with Crippen molar-refractivity contribution in [3.05, 3.63) is 43.0 Å². The lowest BCUT2D eigenvalue weighted by molar-refractivity contribution is 0.648. The molecule has 0 spiro atoms. The van der Waals surface area contributed by atoms with Crippen molar-refractivity contribution < 1.29 is 0 Å². The van der Waals surface area contributed by atoms with Crippen molar-refractivity contribution in [1.82, 2.24) is 0 Å². The van der Waals surface area contributed by atoms with E-state index in [0.29, 0.717) is 11.5 Å². The van der Waals surface area contributed by atoms with Crippen LogP contribution in [0.3, 0.4) is 0 Å². The SMILES string of the molecule is C=CC(C(C)C)[Si](C)(C)c1ccccc1. The standard InChI is InChI=1S/C14H22Si/c1-6-14(12(2)3)15(4,5)13-10-8-7-9-11-13/h6-12,14H,1H2,2-5H3. The third-order valence-electron chi connectivity index (χ3n) is 3.32. The minimum Gasteiger partial charge on any atom is -0.103 e. The molecular formula is C14H22Si. The summed E-state index contributed by atoms with van der Waals surface area (Å²) >= 11 is 0. The van der Waals surface area contributed by atoms with Crippen LogP contribution in [0.25, 0.3) is 0 Å². The highest BCUT2D eigenvalue weighted by atomic mass is 28.3. The summed E-state index contributed by atoms with van der Waals surface area (Å²) in [4.78, 5) is 0. The number of hydrogen-bond donors (Lipinski definition) is 0. The van der Waals surface area contributed by atoms with Crippen LogP contribution in [0.15, 0.2) is 43.0 Å². The molecule has 0 heterocycles. The second-order valence-electron chi connectivity index (χ2n) is 5.09. The monoisotopic (exact) mass is 218 g/mol. The third-order valence-corrected chi connectivity index (χ3v) is 7.71. The van der Waals surface area contributed by atoms with Gasteiger partial charge in [-0.3, -0.25) is 0 Å². The minimum absolute atomic E-state index is 0.653.